The van der Waals surface area contributed by atoms with Crippen LogP contribution in [-0.4, -0.2) is 5.78 Å². The van der Waals surface area contributed by atoms with E-state index in [4.69, 9.17) is 5.73 Å². The second-order valence-electron chi connectivity index (χ2n) is 4.11. The third-order valence-electron chi connectivity index (χ3n) is 2.74. The average Bonchev–Trinajstić information content (AvgIpc) is 2.40. The van der Waals surface area contributed by atoms with Gasteiger partial charge < -0.3 is 5.73 Å². The summed E-state index contributed by atoms with van der Waals surface area (Å²) < 4.78 is 39.1. The molecule has 0 unspecified atom stereocenters. The first-order valence-electron chi connectivity index (χ1n) is 5.56. The van der Waals surface area contributed by atoms with Gasteiger partial charge in [0.25, 0.3) is 0 Å². The highest BCUT2D eigenvalue weighted by molar-refractivity contribution is 9.10. The lowest BCUT2D eigenvalue weighted by Crippen LogP contribution is -2.13. The van der Waals surface area contributed by atoms with Gasteiger partial charge in [-0.1, -0.05) is 18.2 Å². The van der Waals surface area contributed by atoms with E-state index in [0.29, 0.717) is 10.2 Å². The van der Waals surface area contributed by atoms with E-state index in [1.165, 1.54) is 30.3 Å². The van der Waals surface area contributed by atoms with E-state index < -0.39 is 17.5 Å². The molecule has 0 amide bonds. The number of hydrogen-bond donors (Lipinski definition) is 1. The Morgan fingerprint density at radius 3 is 2.35 bits per heavy atom. The van der Waals surface area contributed by atoms with Crippen LogP contribution in [0.15, 0.2) is 46.9 Å². The van der Waals surface area contributed by atoms with Crippen molar-refractivity contribution in [1.82, 2.24) is 0 Å². The molecule has 0 radical (unpaired) electrons. The van der Waals surface area contributed by atoms with Crippen LogP contribution in [0.4, 0.5) is 18.9 Å². The molecule has 6 heteroatoms. The summed E-state index contributed by atoms with van der Waals surface area (Å²) in [5.74, 6) is -0.696. The quantitative estimate of drug-likeness (QED) is 0.653. The van der Waals surface area contributed by atoms with Gasteiger partial charge in [-0.2, -0.15) is 13.2 Å². The summed E-state index contributed by atoms with van der Waals surface area (Å²) >= 11 is 3.15. The van der Waals surface area contributed by atoms with Gasteiger partial charge in [-0.15, -0.1) is 0 Å². The SMILES string of the molecule is Nc1ccc(C(=O)c2ccccc2C(F)(F)F)cc1Br. The van der Waals surface area contributed by atoms with Crippen LogP contribution >= 0.6 is 15.9 Å². The molecule has 0 fully saturated rings. The minimum atomic E-state index is -4.57. The molecule has 2 aromatic rings. The molecule has 0 aliphatic rings. The van der Waals surface area contributed by atoms with Crippen LogP contribution in [0.3, 0.4) is 0 Å². The molecule has 2 aromatic carbocycles. The van der Waals surface area contributed by atoms with Gasteiger partial charge in [0, 0.05) is 21.3 Å². The molecule has 0 atom stereocenters. The number of carbonyl (C=O) groups excluding carboxylic acids is 1. The summed E-state index contributed by atoms with van der Waals surface area (Å²) in [5.41, 5.74) is 4.81. The second-order valence-corrected chi connectivity index (χ2v) is 4.96. The molecule has 0 saturated carbocycles. The van der Waals surface area contributed by atoms with Gasteiger partial charge in [0.05, 0.1) is 5.56 Å². The second kappa shape index (κ2) is 5.28. The zero-order valence-corrected chi connectivity index (χ0v) is 11.6. The predicted octanol–water partition coefficient (Wildman–Crippen LogP) is 4.28. The van der Waals surface area contributed by atoms with Gasteiger partial charge in [0.15, 0.2) is 5.78 Å². The lowest BCUT2D eigenvalue weighted by molar-refractivity contribution is -0.137. The zero-order valence-electron chi connectivity index (χ0n) is 10.0. The first-order chi connectivity index (χ1) is 9.30. The molecule has 0 bridgehead atoms. The Bertz CT molecular complexity index is 668. The molecule has 0 aliphatic heterocycles. The van der Waals surface area contributed by atoms with Crippen LogP contribution in [0, 0.1) is 0 Å². The van der Waals surface area contributed by atoms with Crippen LogP contribution in [0.5, 0.6) is 0 Å². The third-order valence-corrected chi connectivity index (χ3v) is 3.43. The fraction of sp³-hybridized carbons (Fsp3) is 0.0714. The van der Waals surface area contributed by atoms with Gasteiger partial charge >= 0.3 is 6.18 Å². The highest BCUT2D eigenvalue weighted by Gasteiger charge is 2.34. The number of alkyl halides is 3. The standard InChI is InChI=1S/C14H9BrF3NO/c15-11-7-8(5-6-12(11)19)13(20)9-3-1-2-4-10(9)14(16,17)18/h1-7H,19H2. The van der Waals surface area contributed by atoms with Crippen molar-refractivity contribution >= 4 is 27.4 Å². The fourth-order valence-corrected chi connectivity index (χ4v) is 2.13. The first kappa shape index (κ1) is 14.6. The highest BCUT2D eigenvalue weighted by atomic mass is 79.9. The molecule has 104 valence electrons. The van der Waals surface area contributed by atoms with Crippen LogP contribution in [0.25, 0.3) is 0 Å². The maximum Gasteiger partial charge on any atom is 0.417 e. The normalized spacial score (nSPS) is 11.4. The zero-order chi connectivity index (χ0) is 14.9. The van der Waals surface area contributed by atoms with Crippen molar-refractivity contribution in [2.45, 2.75) is 6.18 Å². The lowest BCUT2D eigenvalue weighted by Gasteiger charge is -2.12. The number of benzene rings is 2. The molecule has 2 nitrogen and oxygen atoms in total. The van der Waals surface area contributed by atoms with Crippen molar-refractivity contribution in [3.63, 3.8) is 0 Å². The molecular weight excluding hydrogens is 335 g/mol. The first-order valence-corrected chi connectivity index (χ1v) is 6.36. The largest absolute Gasteiger partial charge is 0.417 e. The fourth-order valence-electron chi connectivity index (χ4n) is 1.75. The number of rotatable bonds is 2. The van der Waals surface area contributed by atoms with Gasteiger partial charge in [0.1, 0.15) is 0 Å². The Hall–Kier alpha value is -1.82. The van der Waals surface area contributed by atoms with Crippen LogP contribution in [0.2, 0.25) is 0 Å². The Balaban J connectivity index is 2.51. The average molecular weight is 344 g/mol. The molecule has 20 heavy (non-hydrogen) atoms. The molecule has 0 saturated heterocycles. The number of nitrogens with two attached hydrogens (primary N) is 1. The minimum absolute atomic E-state index is 0.141. The van der Waals surface area contributed by atoms with Crippen LogP contribution in [-0.2, 0) is 6.18 Å². The predicted molar refractivity (Wildman–Crippen MR) is 73.4 cm³/mol. The maximum absolute atomic E-state index is 12.9. The van der Waals surface area contributed by atoms with E-state index in [1.54, 1.807) is 0 Å². The summed E-state index contributed by atoms with van der Waals surface area (Å²) in [6, 6.07) is 8.97. The lowest BCUT2D eigenvalue weighted by atomic mass is 9.98. The van der Waals surface area contributed by atoms with E-state index in [2.05, 4.69) is 15.9 Å². The van der Waals surface area contributed by atoms with E-state index >= 15 is 0 Å². The summed E-state index contributed by atoms with van der Waals surface area (Å²) in [5, 5.41) is 0. The molecule has 2 N–H and O–H groups in total. The van der Waals surface area contributed by atoms with E-state index in [0.717, 1.165) is 12.1 Å². The number of carbonyl (C=O) groups is 1. The molecular formula is C14H9BrF3NO. The number of ketones is 1. The summed E-state index contributed by atoms with van der Waals surface area (Å²) in [4.78, 5) is 12.2. The Labute approximate surface area is 121 Å². The van der Waals surface area contributed by atoms with Crippen molar-refractivity contribution in [1.29, 1.82) is 0 Å². The Morgan fingerprint density at radius 2 is 1.75 bits per heavy atom. The van der Waals surface area contributed by atoms with Crippen LogP contribution < -0.4 is 5.73 Å². The summed E-state index contributed by atoms with van der Waals surface area (Å²) in [7, 11) is 0. The molecule has 2 rings (SSSR count). The van der Waals surface area contributed by atoms with Crippen molar-refractivity contribution < 1.29 is 18.0 Å². The number of halogens is 4. The molecule has 0 spiro atoms. The molecule has 0 aromatic heterocycles. The van der Waals surface area contributed by atoms with E-state index in [9.17, 15) is 18.0 Å². The topological polar surface area (TPSA) is 43.1 Å². The number of anilines is 1. The van der Waals surface area contributed by atoms with Crippen LogP contribution in [0.1, 0.15) is 21.5 Å². The van der Waals surface area contributed by atoms with Gasteiger partial charge in [-0.25, -0.2) is 0 Å². The minimum Gasteiger partial charge on any atom is -0.398 e. The van der Waals surface area contributed by atoms with Gasteiger partial charge in [-0.05, 0) is 40.2 Å². The van der Waals surface area contributed by atoms with Crippen molar-refractivity contribution in [2.75, 3.05) is 5.73 Å². The highest BCUT2D eigenvalue weighted by Crippen LogP contribution is 2.33. The Kier molecular flexibility index (Phi) is 3.85. The Morgan fingerprint density at radius 1 is 1.10 bits per heavy atom. The monoisotopic (exact) mass is 343 g/mol. The van der Waals surface area contributed by atoms with Crippen molar-refractivity contribution in [2.24, 2.45) is 0 Å². The van der Waals surface area contributed by atoms with Gasteiger partial charge in [0.2, 0.25) is 0 Å². The van der Waals surface area contributed by atoms with Gasteiger partial charge in [-0.3, -0.25) is 4.79 Å². The summed E-state index contributed by atoms with van der Waals surface area (Å²) in [6.45, 7) is 0. The van der Waals surface area contributed by atoms with E-state index in [-0.39, 0.29) is 11.1 Å². The number of nitrogen functional groups attached to an aromatic ring is 1. The number of hydrogen-bond acceptors (Lipinski definition) is 2. The third kappa shape index (κ3) is 2.85. The van der Waals surface area contributed by atoms with E-state index in [1.807, 2.05) is 0 Å². The summed E-state index contributed by atoms with van der Waals surface area (Å²) in [6.07, 6.45) is -4.57. The molecule has 0 heterocycles. The van der Waals surface area contributed by atoms with Crippen molar-refractivity contribution in [3.8, 4) is 0 Å². The maximum atomic E-state index is 12.9. The smallest absolute Gasteiger partial charge is 0.398 e. The van der Waals surface area contributed by atoms with Crippen molar-refractivity contribution in [3.05, 3.63) is 63.6 Å². The molecule has 0 aliphatic carbocycles.